The van der Waals surface area contributed by atoms with Crippen LogP contribution in [0.1, 0.15) is 45.1 Å². The van der Waals surface area contributed by atoms with Crippen LogP contribution in [0.25, 0.3) is 0 Å². The van der Waals surface area contributed by atoms with Crippen molar-refractivity contribution in [3.63, 3.8) is 0 Å². The second kappa shape index (κ2) is 12.5. The number of aliphatic imine (C=N–C) groups is 1. The Morgan fingerprint density at radius 1 is 1.18 bits per heavy atom. The van der Waals surface area contributed by atoms with Crippen molar-refractivity contribution in [1.29, 1.82) is 0 Å². The number of guanidine groups is 1. The Morgan fingerprint density at radius 2 is 1.96 bits per heavy atom. The Balaban J connectivity index is 1.73. The number of aryl methyl sites for hydroxylation is 1. The molecule has 0 aliphatic carbocycles. The van der Waals surface area contributed by atoms with Gasteiger partial charge in [0.15, 0.2) is 17.5 Å². The Labute approximate surface area is 170 Å². The minimum atomic E-state index is 0.595. The maximum atomic E-state index is 5.66. The molecule has 1 aromatic rings. The summed E-state index contributed by atoms with van der Waals surface area (Å²) < 4.78 is 11.0. The van der Waals surface area contributed by atoms with Crippen LogP contribution in [0.4, 0.5) is 0 Å². The lowest BCUT2D eigenvalue weighted by atomic mass is 10.1. The molecule has 0 saturated carbocycles. The fourth-order valence-electron chi connectivity index (χ4n) is 3.72. The zero-order chi connectivity index (χ0) is 20.2. The first-order valence-corrected chi connectivity index (χ1v) is 10.7. The van der Waals surface area contributed by atoms with E-state index in [1.165, 1.54) is 37.9 Å². The molecule has 0 spiro atoms. The van der Waals surface area contributed by atoms with Crippen molar-refractivity contribution >= 4 is 5.96 Å². The third kappa shape index (κ3) is 6.89. The zero-order valence-corrected chi connectivity index (χ0v) is 18.1. The van der Waals surface area contributed by atoms with E-state index in [9.17, 15) is 0 Å². The molecule has 1 unspecified atom stereocenters. The molecule has 6 heteroatoms. The lowest BCUT2D eigenvalue weighted by molar-refractivity contribution is 0.236. The van der Waals surface area contributed by atoms with E-state index in [2.05, 4.69) is 39.6 Å². The van der Waals surface area contributed by atoms with Gasteiger partial charge < -0.3 is 20.1 Å². The number of rotatable bonds is 11. The Morgan fingerprint density at radius 3 is 2.61 bits per heavy atom. The first-order valence-electron chi connectivity index (χ1n) is 10.7. The molecular weight excluding hydrogens is 352 g/mol. The molecule has 1 fully saturated rings. The van der Waals surface area contributed by atoms with Crippen molar-refractivity contribution in [2.75, 3.05) is 46.9 Å². The van der Waals surface area contributed by atoms with Gasteiger partial charge in [-0.15, -0.1) is 0 Å². The Bertz CT molecular complexity index is 600. The highest BCUT2D eigenvalue weighted by molar-refractivity contribution is 5.79. The second-order valence-corrected chi connectivity index (χ2v) is 7.21. The van der Waals surface area contributed by atoms with Crippen LogP contribution in [0.5, 0.6) is 11.5 Å². The lowest BCUT2D eigenvalue weighted by Crippen LogP contribution is -2.46. The van der Waals surface area contributed by atoms with Gasteiger partial charge in [-0.05, 0) is 69.8 Å². The fourth-order valence-corrected chi connectivity index (χ4v) is 3.72. The van der Waals surface area contributed by atoms with Gasteiger partial charge in [0, 0.05) is 26.2 Å². The number of benzene rings is 1. The van der Waals surface area contributed by atoms with E-state index in [4.69, 9.17) is 9.47 Å². The number of methoxy groups -OCH3 is 1. The maximum absolute atomic E-state index is 5.66. The van der Waals surface area contributed by atoms with Gasteiger partial charge in [0.2, 0.25) is 0 Å². The number of hydrogen-bond acceptors (Lipinski definition) is 4. The molecule has 1 aromatic carbocycles. The van der Waals surface area contributed by atoms with E-state index in [1.54, 1.807) is 7.11 Å². The summed E-state index contributed by atoms with van der Waals surface area (Å²) in [5.74, 6) is 2.50. The topological polar surface area (TPSA) is 58.1 Å². The molecule has 1 atom stereocenters. The highest BCUT2D eigenvalue weighted by atomic mass is 16.5. The van der Waals surface area contributed by atoms with Gasteiger partial charge in [-0.3, -0.25) is 9.89 Å². The molecular formula is C22H38N4O2. The maximum Gasteiger partial charge on any atom is 0.191 e. The zero-order valence-electron chi connectivity index (χ0n) is 18.1. The van der Waals surface area contributed by atoms with Crippen LogP contribution >= 0.6 is 0 Å². The van der Waals surface area contributed by atoms with Gasteiger partial charge in [0.05, 0.1) is 13.7 Å². The summed E-state index contributed by atoms with van der Waals surface area (Å²) in [6.45, 7) is 9.20. The smallest absolute Gasteiger partial charge is 0.191 e. The molecule has 1 heterocycles. The van der Waals surface area contributed by atoms with Crippen molar-refractivity contribution in [1.82, 2.24) is 15.5 Å². The quantitative estimate of drug-likeness (QED) is 0.345. The minimum absolute atomic E-state index is 0.595. The minimum Gasteiger partial charge on any atom is -0.493 e. The number of likely N-dealkylation sites (tertiary alicyclic amines) is 1. The Kier molecular flexibility index (Phi) is 9.97. The first kappa shape index (κ1) is 22.3. The summed E-state index contributed by atoms with van der Waals surface area (Å²) in [5.41, 5.74) is 1.26. The molecule has 0 radical (unpaired) electrons. The molecule has 0 aromatic heterocycles. The van der Waals surface area contributed by atoms with Crippen molar-refractivity contribution < 1.29 is 9.47 Å². The van der Waals surface area contributed by atoms with Crippen LogP contribution in [-0.2, 0) is 6.42 Å². The van der Waals surface area contributed by atoms with Crippen molar-refractivity contribution in [2.45, 2.75) is 52.0 Å². The van der Waals surface area contributed by atoms with Gasteiger partial charge in [-0.1, -0.05) is 13.0 Å². The standard InChI is InChI=1S/C22H38N4O2/c1-5-19(26-14-7-8-15-26)17-25-22(23-3)24-13-9-10-18-11-12-20(27-4)21(16-18)28-6-2/h11-12,16,19H,5-10,13-15,17H2,1-4H3,(H2,23,24,25). The summed E-state index contributed by atoms with van der Waals surface area (Å²) in [6, 6.07) is 6.77. The van der Waals surface area contributed by atoms with Gasteiger partial charge in [-0.25, -0.2) is 0 Å². The van der Waals surface area contributed by atoms with E-state index < -0.39 is 0 Å². The van der Waals surface area contributed by atoms with Crippen LogP contribution in [-0.4, -0.2) is 63.8 Å². The number of hydrogen-bond donors (Lipinski definition) is 2. The molecule has 2 N–H and O–H groups in total. The molecule has 0 amide bonds. The third-order valence-corrected chi connectivity index (χ3v) is 5.32. The van der Waals surface area contributed by atoms with Gasteiger partial charge >= 0.3 is 0 Å². The van der Waals surface area contributed by atoms with Crippen molar-refractivity contribution in [3.8, 4) is 11.5 Å². The SMILES string of the molecule is CCOc1cc(CCCNC(=NC)NCC(CC)N2CCCC2)ccc1OC. The number of nitrogens with one attached hydrogen (secondary N) is 2. The van der Waals surface area contributed by atoms with E-state index in [1.807, 2.05) is 20.0 Å². The summed E-state index contributed by atoms with van der Waals surface area (Å²) in [6.07, 6.45) is 5.85. The van der Waals surface area contributed by atoms with Crippen LogP contribution in [0.15, 0.2) is 23.2 Å². The number of nitrogens with zero attached hydrogens (tertiary/aromatic N) is 2. The second-order valence-electron chi connectivity index (χ2n) is 7.21. The largest absolute Gasteiger partial charge is 0.493 e. The van der Waals surface area contributed by atoms with Crippen LogP contribution in [0.2, 0.25) is 0 Å². The molecule has 1 aliphatic heterocycles. The average molecular weight is 391 g/mol. The van der Waals surface area contributed by atoms with Crippen LogP contribution < -0.4 is 20.1 Å². The molecule has 1 saturated heterocycles. The third-order valence-electron chi connectivity index (χ3n) is 5.32. The molecule has 1 aliphatic rings. The summed E-state index contributed by atoms with van der Waals surface area (Å²) >= 11 is 0. The molecule has 2 rings (SSSR count). The van der Waals surface area contributed by atoms with Crippen molar-refractivity contribution in [2.24, 2.45) is 4.99 Å². The van der Waals surface area contributed by atoms with Crippen LogP contribution in [0.3, 0.4) is 0 Å². The predicted octanol–water partition coefficient (Wildman–Crippen LogP) is 3.07. The van der Waals surface area contributed by atoms with E-state index in [0.717, 1.165) is 43.4 Å². The Hall–Kier alpha value is -1.95. The van der Waals surface area contributed by atoms with E-state index >= 15 is 0 Å². The molecule has 158 valence electrons. The summed E-state index contributed by atoms with van der Waals surface area (Å²) in [7, 11) is 3.51. The molecule has 0 bridgehead atoms. The summed E-state index contributed by atoms with van der Waals surface area (Å²) in [4.78, 5) is 6.96. The number of ether oxygens (including phenoxy) is 2. The van der Waals surface area contributed by atoms with Gasteiger partial charge in [0.1, 0.15) is 0 Å². The van der Waals surface area contributed by atoms with Crippen LogP contribution in [0, 0.1) is 0 Å². The van der Waals surface area contributed by atoms with E-state index in [-0.39, 0.29) is 0 Å². The first-order chi connectivity index (χ1) is 13.7. The fraction of sp³-hybridized carbons (Fsp3) is 0.682. The average Bonchev–Trinajstić information content (AvgIpc) is 3.25. The highest BCUT2D eigenvalue weighted by Crippen LogP contribution is 2.28. The lowest BCUT2D eigenvalue weighted by Gasteiger charge is -2.27. The highest BCUT2D eigenvalue weighted by Gasteiger charge is 2.20. The van der Waals surface area contributed by atoms with Gasteiger partial charge in [-0.2, -0.15) is 0 Å². The van der Waals surface area contributed by atoms with Crippen molar-refractivity contribution in [3.05, 3.63) is 23.8 Å². The van der Waals surface area contributed by atoms with Gasteiger partial charge in [0.25, 0.3) is 0 Å². The normalized spacial score (nSPS) is 16.1. The van der Waals surface area contributed by atoms with E-state index in [0.29, 0.717) is 12.6 Å². The monoisotopic (exact) mass is 390 g/mol. The molecule has 28 heavy (non-hydrogen) atoms. The summed E-state index contributed by atoms with van der Waals surface area (Å²) in [5, 5.41) is 6.93. The predicted molar refractivity (Wildman–Crippen MR) is 117 cm³/mol. The molecule has 6 nitrogen and oxygen atoms in total.